The lowest BCUT2D eigenvalue weighted by Crippen LogP contribution is -2.28. The third-order valence-corrected chi connectivity index (χ3v) is 3.02. The number of hydrogen-bond donors (Lipinski definition) is 2. The third-order valence-electron chi connectivity index (χ3n) is 3.02. The fourth-order valence-electron chi connectivity index (χ4n) is 1.88. The molecule has 0 radical (unpaired) electrons. The monoisotopic (exact) mass is 265 g/mol. The Morgan fingerprint density at radius 1 is 1.00 bits per heavy atom. The van der Waals surface area contributed by atoms with Gasteiger partial charge in [0.05, 0.1) is 0 Å². The second-order valence-corrected chi connectivity index (χ2v) is 4.57. The number of anilines is 2. The molecule has 0 aliphatic heterocycles. The molecule has 1 aromatic heterocycles. The molecule has 0 aliphatic carbocycles. The molecule has 0 spiro atoms. The van der Waals surface area contributed by atoms with E-state index in [0.29, 0.717) is 0 Å². The van der Waals surface area contributed by atoms with Gasteiger partial charge in [-0.05, 0) is 26.4 Å². The molecule has 0 fully saturated rings. The van der Waals surface area contributed by atoms with Crippen molar-refractivity contribution in [2.75, 3.05) is 43.4 Å². The van der Waals surface area contributed by atoms with E-state index >= 15 is 0 Å². The molecule has 2 N–H and O–H groups in total. The SMILES string of the molecule is CCCNc1cc(NCCN(CC)CC)nc(C)n1. The largest absolute Gasteiger partial charge is 0.370 e. The Morgan fingerprint density at radius 2 is 1.58 bits per heavy atom. The first-order valence-electron chi connectivity index (χ1n) is 7.25. The number of rotatable bonds is 9. The first kappa shape index (κ1) is 15.7. The second-order valence-electron chi connectivity index (χ2n) is 4.57. The van der Waals surface area contributed by atoms with Gasteiger partial charge in [-0.3, -0.25) is 0 Å². The van der Waals surface area contributed by atoms with Crippen LogP contribution in [-0.4, -0.2) is 47.6 Å². The first-order chi connectivity index (χ1) is 9.19. The number of hydrogen-bond acceptors (Lipinski definition) is 5. The van der Waals surface area contributed by atoms with Crippen molar-refractivity contribution >= 4 is 11.6 Å². The Hall–Kier alpha value is -1.36. The molecule has 1 heterocycles. The molecule has 0 bridgehead atoms. The summed E-state index contributed by atoms with van der Waals surface area (Å²) in [4.78, 5) is 11.2. The summed E-state index contributed by atoms with van der Waals surface area (Å²) in [5, 5.41) is 6.66. The van der Waals surface area contributed by atoms with Gasteiger partial charge in [-0.15, -0.1) is 0 Å². The maximum Gasteiger partial charge on any atom is 0.131 e. The summed E-state index contributed by atoms with van der Waals surface area (Å²) < 4.78 is 0. The maximum absolute atomic E-state index is 4.41. The lowest BCUT2D eigenvalue weighted by atomic mass is 10.4. The average Bonchev–Trinajstić information content (AvgIpc) is 2.41. The molecule has 0 aliphatic rings. The van der Waals surface area contributed by atoms with E-state index in [-0.39, 0.29) is 0 Å². The van der Waals surface area contributed by atoms with Crippen LogP contribution < -0.4 is 10.6 Å². The highest BCUT2D eigenvalue weighted by Crippen LogP contribution is 2.10. The summed E-state index contributed by atoms with van der Waals surface area (Å²) in [6, 6.07) is 1.98. The molecule has 19 heavy (non-hydrogen) atoms. The summed E-state index contributed by atoms with van der Waals surface area (Å²) in [5.74, 6) is 2.60. The number of likely N-dealkylation sites (N-methyl/N-ethyl adjacent to an activating group) is 1. The van der Waals surface area contributed by atoms with Crippen molar-refractivity contribution in [3.63, 3.8) is 0 Å². The van der Waals surface area contributed by atoms with Crippen LogP contribution in [0.3, 0.4) is 0 Å². The fourth-order valence-corrected chi connectivity index (χ4v) is 1.88. The lowest BCUT2D eigenvalue weighted by Gasteiger charge is -2.18. The molecular formula is C14H27N5. The van der Waals surface area contributed by atoms with Gasteiger partial charge in [-0.25, -0.2) is 9.97 Å². The smallest absolute Gasteiger partial charge is 0.131 e. The van der Waals surface area contributed by atoms with Crippen LogP contribution in [0.5, 0.6) is 0 Å². The fraction of sp³-hybridized carbons (Fsp3) is 0.714. The van der Waals surface area contributed by atoms with Gasteiger partial charge in [-0.1, -0.05) is 20.8 Å². The standard InChI is InChI=1S/C14H27N5/c1-5-8-15-13-11-14(18-12(4)17-13)16-9-10-19(6-2)7-3/h11H,5-10H2,1-4H3,(H2,15,16,17,18). The van der Waals surface area contributed by atoms with E-state index in [0.717, 1.165) is 56.6 Å². The van der Waals surface area contributed by atoms with Crippen LogP contribution in [0.2, 0.25) is 0 Å². The van der Waals surface area contributed by atoms with E-state index in [4.69, 9.17) is 0 Å². The molecule has 1 aromatic rings. The normalized spacial score (nSPS) is 10.8. The van der Waals surface area contributed by atoms with Gasteiger partial charge in [0.2, 0.25) is 0 Å². The summed E-state index contributed by atoms with van der Waals surface area (Å²) in [6.07, 6.45) is 1.09. The molecule has 0 saturated heterocycles. The van der Waals surface area contributed by atoms with Crippen LogP contribution in [0.25, 0.3) is 0 Å². The molecule has 108 valence electrons. The predicted octanol–water partition coefficient (Wildman–Crippen LogP) is 2.36. The summed E-state index contributed by atoms with van der Waals surface area (Å²) in [5.41, 5.74) is 0. The molecule has 0 unspecified atom stereocenters. The van der Waals surface area contributed by atoms with E-state index in [1.54, 1.807) is 0 Å². The van der Waals surface area contributed by atoms with Crippen LogP contribution in [0.15, 0.2) is 6.07 Å². The quantitative estimate of drug-likeness (QED) is 0.718. The zero-order valence-electron chi connectivity index (χ0n) is 12.7. The van der Waals surface area contributed by atoms with Crippen molar-refractivity contribution in [1.29, 1.82) is 0 Å². The average molecular weight is 265 g/mol. The van der Waals surface area contributed by atoms with Gasteiger partial charge in [0.1, 0.15) is 17.5 Å². The van der Waals surface area contributed by atoms with Crippen molar-refractivity contribution in [3.8, 4) is 0 Å². The van der Waals surface area contributed by atoms with Crippen molar-refractivity contribution in [2.24, 2.45) is 0 Å². The number of nitrogens with one attached hydrogen (secondary N) is 2. The Kier molecular flexibility index (Phi) is 7.18. The number of aryl methyl sites for hydroxylation is 1. The van der Waals surface area contributed by atoms with Crippen LogP contribution >= 0.6 is 0 Å². The Labute approximate surface area is 116 Å². The highest BCUT2D eigenvalue weighted by atomic mass is 15.1. The number of aromatic nitrogens is 2. The van der Waals surface area contributed by atoms with E-state index in [2.05, 4.69) is 46.3 Å². The van der Waals surface area contributed by atoms with Gasteiger partial charge in [0, 0.05) is 25.7 Å². The molecular weight excluding hydrogens is 238 g/mol. The van der Waals surface area contributed by atoms with Crippen LogP contribution in [-0.2, 0) is 0 Å². The summed E-state index contributed by atoms with van der Waals surface area (Å²) in [6.45, 7) is 13.5. The summed E-state index contributed by atoms with van der Waals surface area (Å²) >= 11 is 0. The zero-order valence-corrected chi connectivity index (χ0v) is 12.7. The highest BCUT2D eigenvalue weighted by molar-refractivity contribution is 5.47. The lowest BCUT2D eigenvalue weighted by molar-refractivity contribution is 0.316. The highest BCUT2D eigenvalue weighted by Gasteiger charge is 2.02. The van der Waals surface area contributed by atoms with E-state index in [9.17, 15) is 0 Å². The van der Waals surface area contributed by atoms with Gasteiger partial charge in [0.25, 0.3) is 0 Å². The Balaban J connectivity index is 2.50. The zero-order chi connectivity index (χ0) is 14.1. The maximum atomic E-state index is 4.41. The van der Waals surface area contributed by atoms with Crippen LogP contribution in [0.4, 0.5) is 11.6 Å². The predicted molar refractivity (Wildman–Crippen MR) is 81.8 cm³/mol. The molecule has 5 heteroatoms. The van der Waals surface area contributed by atoms with Gasteiger partial charge in [0.15, 0.2) is 0 Å². The number of nitrogens with zero attached hydrogens (tertiary/aromatic N) is 3. The van der Waals surface area contributed by atoms with E-state index < -0.39 is 0 Å². The van der Waals surface area contributed by atoms with Crippen molar-refractivity contribution in [1.82, 2.24) is 14.9 Å². The van der Waals surface area contributed by atoms with Crippen molar-refractivity contribution < 1.29 is 0 Å². The topological polar surface area (TPSA) is 53.1 Å². The van der Waals surface area contributed by atoms with E-state index in [1.807, 2.05) is 13.0 Å². The Morgan fingerprint density at radius 3 is 2.11 bits per heavy atom. The molecule has 0 atom stereocenters. The Bertz CT molecular complexity index is 363. The molecule has 1 rings (SSSR count). The third kappa shape index (κ3) is 5.87. The van der Waals surface area contributed by atoms with Gasteiger partial charge in [-0.2, -0.15) is 0 Å². The molecule has 0 amide bonds. The van der Waals surface area contributed by atoms with Crippen LogP contribution in [0, 0.1) is 6.92 Å². The van der Waals surface area contributed by atoms with Crippen LogP contribution in [0.1, 0.15) is 33.0 Å². The first-order valence-corrected chi connectivity index (χ1v) is 7.25. The van der Waals surface area contributed by atoms with Crippen molar-refractivity contribution in [3.05, 3.63) is 11.9 Å². The molecule has 0 aromatic carbocycles. The molecule has 0 saturated carbocycles. The van der Waals surface area contributed by atoms with E-state index in [1.165, 1.54) is 0 Å². The minimum atomic E-state index is 0.798. The van der Waals surface area contributed by atoms with Gasteiger partial charge >= 0.3 is 0 Å². The summed E-state index contributed by atoms with van der Waals surface area (Å²) in [7, 11) is 0. The van der Waals surface area contributed by atoms with Gasteiger partial charge < -0.3 is 15.5 Å². The minimum absolute atomic E-state index is 0.798. The second kappa shape index (κ2) is 8.69. The molecule has 5 nitrogen and oxygen atoms in total. The van der Waals surface area contributed by atoms with Crippen molar-refractivity contribution in [2.45, 2.75) is 34.1 Å². The minimum Gasteiger partial charge on any atom is -0.370 e.